The fourth-order valence-electron chi connectivity index (χ4n) is 1.60. The number of hydrogen-bond acceptors (Lipinski definition) is 2. The first-order chi connectivity index (χ1) is 6.29. The third-order valence-corrected chi connectivity index (χ3v) is 2.39. The predicted octanol–water partition coefficient (Wildman–Crippen LogP) is 1.42. The zero-order valence-corrected chi connectivity index (χ0v) is 8.03. The van der Waals surface area contributed by atoms with E-state index in [0.29, 0.717) is 12.5 Å². The lowest BCUT2D eigenvalue weighted by Crippen LogP contribution is -2.14. The van der Waals surface area contributed by atoms with Gasteiger partial charge in [0.15, 0.2) is 0 Å². The second kappa shape index (κ2) is 5.00. The van der Waals surface area contributed by atoms with Crippen LogP contribution in [-0.2, 0) is 0 Å². The molecule has 1 unspecified atom stereocenters. The van der Waals surface area contributed by atoms with Crippen molar-refractivity contribution in [3.8, 4) is 0 Å². The molecule has 0 fully saturated rings. The van der Waals surface area contributed by atoms with Crippen molar-refractivity contribution in [1.82, 2.24) is 0 Å². The number of aliphatic hydroxyl groups is 1. The summed E-state index contributed by atoms with van der Waals surface area (Å²) in [4.78, 5) is 0. The minimum absolute atomic E-state index is 0.205. The van der Waals surface area contributed by atoms with Crippen LogP contribution in [-0.4, -0.2) is 18.3 Å². The molecule has 1 aromatic carbocycles. The second-order valence-corrected chi connectivity index (χ2v) is 3.30. The van der Waals surface area contributed by atoms with Crippen molar-refractivity contribution in [2.45, 2.75) is 19.3 Å². The molecule has 2 heteroatoms. The molecule has 1 atom stereocenters. The molecule has 0 heterocycles. The van der Waals surface area contributed by atoms with E-state index in [1.165, 1.54) is 11.1 Å². The highest BCUT2D eigenvalue weighted by Crippen LogP contribution is 2.21. The highest BCUT2D eigenvalue weighted by atomic mass is 16.3. The van der Waals surface area contributed by atoms with Crippen molar-refractivity contribution in [3.63, 3.8) is 0 Å². The average molecular weight is 179 g/mol. The molecule has 0 amide bonds. The van der Waals surface area contributed by atoms with E-state index in [1.807, 2.05) is 12.1 Å². The van der Waals surface area contributed by atoms with Gasteiger partial charge in [0, 0.05) is 6.61 Å². The lowest BCUT2D eigenvalue weighted by Gasteiger charge is -2.15. The maximum absolute atomic E-state index is 8.86. The van der Waals surface area contributed by atoms with Crippen LogP contribution in [0.2, 0.25) is 0 Å². The molecule has 0 saturated heterocycles. The van der Waals surface area contributed by atoms with Crippen molar-refractivity contribution in [2.75, 3.05) is 13.2 Å². The normalized spacial score (nSPS) is 12.8. The predicted molar refractivity (Wildman–Crippen MR) is 54.7 cm³/mol. The van der Waals surface area contributed by atoms with E-state index in [9.17, 15) is 0 Å². The van der Waals surface area contributed by atoms with Crippen molar-refractivity contribution < 1.29 is 5.11 Å². The number of hydrogen-bond donors (Lipinski definition) is 2. The van der Waals surface area contributed by atoms with Gasteiger partial charge in [-0.3, -0.25) is 0 Å². The highest BCUT2D eigenvalue weighted by Gasteiger charge is 2.10. The number of aliphatic hydroxyl groups excluding tert-OH is 1. The summed E-state index contributed by atoms with van der Waals surface area (Å²) in [5, 5.41) is 8.86. The third-order valence-electron chi connectivity index (χ3n) is 2.39. The molecule has 0 aliphatic rings. The Morgan fingerprint density at radius 2 is 2.08 bits per heavy atom. The summed E-state index contributed by atoms with van der Waals surface area (Å²) in [6.07, 6.45) is 0.751. The lowest BCUT2D eigenvalue weighted by molar-refractivity contribution is 0.276. The fraction of sp³-hybridized carbons (Fsp3) is 0.455. The Labute approximate surface area is 79.4 Å². The molecular weight excluding hydrogens is 162 g/mol. The van der Waals surface area contributed by atoms with Crippen molar-refractivity contribution in [2.24, 2.45) is 5.73 Å². The molecular formula is C11H17NO. The van der Waals surface area contributed by atoms with Crippen LogP contribution >= 0.6 is 0 Å². The number of nitrogens with two attached hydrogens (primary N) is 1. The molecule has 13 heavy (non-hydrogen) atoms. The number of aryl methyl sites for hydroxylation is 1. The van der Waals surface area contributed by atoms with Crippen LogP contribution in [0.5, 0.6) is 0 Å². The molecule has 2 nitrogen and oxygen atoms in total. The molecule has 0 aliphatic heterocycles. The van der Waals surface area contributed by atoms with E-state index in [4.69, 9.17) is 10.8 Å². The van der Waals surface area contributed by atoms with Crippen LogP contribution in [0.1, 0.15) is 23.5 Å². The average Bonchev–Trinajstić information content (AvgIpc) is 2.16. The van der Waals surface area contributed by atoms with Crippen molar-refractivity contribution in [1.29, 1.82) is 0 Å². The summed E-state index contributed by atoms with van der Waals surface area (Å²) in [5.74, 6) is 0.297. The van der Waals surface area contributed by atoms with Gasteiger partial charge in [-0.2, -0.15) is 0 Å². The molecule has 0 aliphatic carbocycles. The standard InChI is InChI=1S/C11H17NO/c1-9-4-2-3-5-11(9)10(8-12)6-7-13/h2-5,10,13H,6-8,12H2,1H3. The monoisotopic (exact) mass is 179 g/mol. The first-order valence-corrected chi connectivity index (χ1v) is 4.66. The van der Waals surface area contributed by atoms with E-state index in [2.05, 4.69) is 19.1 Å². The van der Waals surface area contributed by atoms with Gasteiger partial charge in [-0.15, -0.1) is 0 Å². The van der Waals surface area contributed by atoms with Gasteiger partial charge in [0.2, 0.25) is 0 Å². The Balaban J connectivity index is 2.84. The van der Waals surface area contributed by atoms with Gasteiger partial charge >= 0.3 is 0 Å². The lowest BCUT2D eigenvalue weighted by atomic mass is 9.92. The van der Waals surface area contributed by atoms with Crippen LogP contribution in [0.4, 0.5) is 0 Å². The number of benzene rings is 1. The second-order valence-electron chi connectivity index (χ2n) is 3.30. The Kier molecular flexibility index (Phi) is 3.93. The van der Waals surface area contributed by atoms with Crippen LogP contribution in [0, 0.1) is 6.92 Å². The van der Waals surface area contributed by atoms with Crippen molar-refractivity contribution >= 4 is 0 Å². The molecule has 1 rings (SSSR count). The Hall–Kier alpha value is -0.860. The molecule has 0 radical (unpaired) electrons. The van der Waals surface area contributed by atoms with Gasteiger partial charge in [-0.1, -0.05) is 24.3 Å². The van der Waals surface area contributed by atoms with Crippen LogP contribution < -0.4 is 5.73 Å². The minimum atomic E-state index is 0.205. The van der Waals surface area contributed by atoms with Gasteiger partial charge < -0.3 is 10.8 Å². The quantitative estimate of drug-likeness (QED) is 0.734. The molecule has 72 valence electrons. The van der Waals surface area contributed by atoms with Gasteiger partial charge in [-0.05, 0) is 36.9 Å². The molecule has 0 spiro atoms. The number of rotatable bonds is 4. The first kappa shape index (κ1) is 10.2. The largest absolute Gasteiger partial charge is 0.396 e. The summed E-state index contributed by atoms with van der Waals surface area (Å²) in [5.41, 5.74) is 8.17. The van der Waals surface area contributed by atoms with E-state index in [1.54, 1.807) is 0 Å². The topological polar surface area (TPSA) is 46.2 Å². The highest BCUT2D eigenvalue weighted by molar-refractivity contribution is 5.29. The van der Waals surface area contributed by atoms with Gasteiger partial charge in [0.25, 0.3) is 0 Å². The Bertz CT molecular complexity index is 260. The fourth-order valence-corrected chi connectivity index (χ4v) is 1.60. The van der Waals surface area contributed by atoms with Crippen molar-refractivity contribution in [3.05, 3.63) is 35.4 Å². The van der Waals surface area contributed by atoms with E-state index in [-0.39, 0.29) is 6.61 Å². The smallest absolute Gasteiger partial charge is 0.0437 e. The van der Waals surface area contributed by atoms with E-state index in [0.717, 1.165) is 6.42 Å². The van der Waals surface area contributed by atoms with Gasteiger partial charge in [-0.25, -0.2) is 0 Å². The molecule has 0 aromatic heterocycles. The maximum Gasteiger partial charge on any atom is 0.0437 e. The van der Waals surface area contributed by atoms with Crippen LogP contribution in [0.15, 0.2) is 24.3 Å². The summed E-state index contributed by atoms with van der Waals surface area (Å²) in [6, 6.07) is 8.20. The Morgan fingerprint density at radius 3 is 2.62 bits per heavy atom. The zero-order valence-electron chi connectivity index (χ0n) is 8.03. The molecule has 1 aromatic rings. The van der Waals surface area contributed by atoms with Crippen LogP contribution in [0.3, 0.4) is 0 Å². The van der Waals surface area contributed by atoms with Crippen LogP contribution in [0.25, 0.3) is 0 Å². The maximum atomic E-state index is 8.86. The summed E-state index contributed by atoms with van der Waals surface area (Å²) in [6.45, 7) is 2.89. The van der Waals surface area contributed by atoms with Gasteiger partial charge in [0.1, 0.15) is 0 Å². The third kappa shape index (κ3) is 2.54. The summed E-state index contributed by atoms with van der Waals surface area (Å²) >= 11 is 0. The molecule has 0 bridgehead atoms. The van der Waals surface area contributed by atoms with Gasteiger partial charge in [0.05, 0.1) is 0 Å². The zero-order chi connectivity index (χ0) is 9.68. The Morgan fingerprint density at radius 1 is 1.38 bits per heavy atom. The summed E-state index contributed by atoms with van der Waals surface area (Å²) in [7, 11) is 0. The summed E-state index contributed by atoms with van der Waals surface area (Å²) < 4.78 is 0. The first-order valence-electron chi connectivity index (χ1n) is 4.66. The molecule has 0 saturated carbocycles. The minimum Gasteiger partial charge on any atom is -0.396 e. The SMILES string of the molecule is Cc1ccccc1C(CN)CCO. The van der Waals surface area contributed by atoms with E-state index >= 15 is 0 Å². The van der Waals surface area contributed by atoms with E-state index < -0.39 is 0 Å². The molecule has 3 N–H and O–H groups in total.